The molecule has 0 aliphatic rings. The molecule has 6 nitrogen and oxygen atoms in total. The van der Waals surface area contributed by atoms with E-state index >= 15 is 0 Å². The maximum Gasteiger partial charge on any atom is 0.316 e. The molecule has 1 aromatic carbocycles. The molecule has 0 spiro atoms. The minimum absolute atomic E-state index is 0.119. The second-order valence-corrected chi connectivity index (χ2v) is 4.79. The Balaban J connectivity index is 1.96. The fourth-order valence-corrected chi connectivity index (χ4v) is 1.80. The molecule has 0 unspecified atom stereocenters. The molecular formula is C15H19N3O3. The van der Waals surface area contributed by atoms with E-state index in [1.807, 2.05) is 30.3 Å². The molecule has 0 aliphatic heterocycles. The summed E-state index contributed by atoms with van der Waals surface area (Å²) in [6.07, 6.45) is 0.618. The van der Waals surface area contributed by atoms with Gasteiger partial charge < -0.3 is 19.5 Å². The molecule has 1 heterocycles. The summed E-state index contributed by atoms with van der Waals surface area (Å²) >= 11 is 0. The predicted molar refractivity (Wildman–Crippen MR) is 79.3 cm³/mol. The van der Waals surface area contributed by atoms with Gasteiger partial charge in [-0.2, -0.15) is 0 Å². The highest BCUT2D eigenvalue weighted by Crippen LogP contribution is 2.24. The minimum atomic E-state index is -0.119. The Kier molecular flexibility index (Phi) is 4.81. The number of methoxy groups -OCH3 is 1. The van der Waals surface area contributed by atoms with Crippen LogP contribution in [0.15, 0.2) is 34.9 Å². The summed E-state index contributed by atoms with van der Waals surface area (Å²) in [5.41, 5.74) is 1.71. The van der Waals surface area contributed by atoms with Crippen LogP contribution in [0.25, 0.3) is 11.3 Å². The van der Waals surface area contributed by atoms with Gasteiger partial charge in [0.2, 0.25) is 0 Å². The van der Waals surface area contributed by atoms with Gasteiger partial charge in [-0.25, -0.2) is 4.79 Å². The van der Waals surface area contributed by atoms with Crippen LogP contribution < -0.4 is 10.1 Å². The largest absolute Gasteiger partial charge is 0.497 e. The average molecular weight is 289 g/mol. The molecule has 1 N–H and O–H groups in total. The number of rotatable bonds is 5. The molecule has 6 heteroatoms. The number of nitrogens with one attached hydrogen (secondary N) is 1. The number of aromatic nitrogens is 1. The standard InChI is InChI=1S/C15H19N3O3/c1-18(2)15(19)16-8-7-12-10-14(21-17-12)11-5-4-6-13(9-11)20-3/h4-6,9-10H,7-8H2,1-3H3,(H,16,19). The first-order chi connectivity index (χ1) is 10.1. The molecule has 1 aromatic heterocycles. The van der Waals surface area contributed by atoms with E-state index in [0.29, 0.717) is 18.7 Å². The third-order valence-electron chi connectivity index (χ3n) is 2.98. The van der Waals surface area contributed by atoms with Gasteiger partial charge in [0.05, 0.1) is 12.8 Å². The molecule has 112 valence electrons. The van der Waals surface area contributed by atoms with Crippen LogP contribution in [0, 0.1) is 0 Å². The molecular weight excluding hydrogens is 270 g/mol. The molecule has 0 saturated heterocycles. The number of ether oxygens (including phenoxy) is 1. The van der Waals surface area contributed by atoms with Gasteiger partial charge in [-0.3, -0.25) is 0 Å². The van der Waals surface area contributed by atoms with E-state index in [1.54, 1.807) is 21.2 Å². The smallest absolute Gasteiger partial charge is 0.316 e. The summed E-state index contributed by atoms with van der Waals surface area (Å²) in [5, 5.41) is 6.79. The normalized spacial score (nSPS) is 10.2. The summed E-state index contributed by atoms with van der Waals surface area (Å²) in [4.78, 5) is 12.9. The Morgan fingerprint density at radius 1 is 1.38 bits per heavy atom. The highest BCUT2D eigenvalue weighted by atomic mass is 16.5. The Morgan fingerprint density at radius 2 is 2.19 bits per heavy atom. The number of carbonyl (C=O) groups is 1. The van der Waals surface area contributed by atoms with Crippen molar-refractivity contribution in [3.8, 4) is 17.1 Å². The SMILES string of the molecule is COc1cccc(-c2cc(CCNC(=O)N(C)C)no2)c1. The van der Waals surface area contributed by atoms with E-state index in [2.05, 4.69) is 10.5 Å². The van der Waals surface area contributed by atoms with Gasteiger partial charge in [-0.05, 0) is 12.1 Å². The van der Waals surface area contributed by atoms with Crippen LogP contribution in [0.4, 0.5) is 4.79 Å². The van der Waals surface area contributed by atoms with Gasteiger partial charge in [0.25, 0.3) is 0 Å². The molecule has 2 aromatic rings. The van der Waals surface area contributed by atoms with Crippen molar-refractivity contribution in [2.75, 3.05) is 27.7 Å². The quantitative estimate of drug-likeness (QED) is 0.916. The number of amides is 2. The van der Waals surface area contributed by atoms with Crippen LogP contribution in [0.1, 0.15) is 5.69 Å². The molecule has 0 saturated carbocycles. The lowest BCUT2D eigenvalue weighted by molar-refractivity contribution is 0.217. The highest BCUT2D eigenvalue weighted by Gasteiger charge is 2.08. The fraction of sp³-hybridized carbons (Fsp3) is 0.333. The number of benzene rings is 1. The van der Waals surface area contributed by atoms with Crippen LogP contribution in [0.5, 0.6) is 5.75 Å². The lowest BCUT2D eigenvalue weighted by Gasteiger charge is -2.10. The minimum Gasteiger partial charge on any atom is -0.497 e. The van der Waals surface area contributed by atoms with Crippen molar-refractivity contribution >= 4 is 6.03 Å². The maximum atomic E-state index is 11.4. The van der Waals surface area contributed by atoms with Crippen molar-refractivity contribution in [3.05, 3.63) is 36.0 Å². The maximum absolute atomic E-state index is 11.4. The Hall–Kier alpha value is -2.50. The molecule has 0 fully saturated rings. The Labute approximate surface area is 123 Å². The van der Waals surface area contributed by atoms with Crippen molar-refractivity contribution in [1.82, 2.24) is 15.4 Å². The zero-order valence-electron chi connectivity index (χ0n) is 12.4. The first-order valence-electron chi connectivity index (χ1n) is 6.65. The number of carbonyl (C=O) groups excluding carboxylic acids is 1. The lowest BCUT2D eigenvalue weighted by atomic mass is 10.1. The molecule has 0 aliphatic carbocycles. The van der Waals surface area contributed by atoms with Crippen molar-refractivity contribution in [1.29, 1.82) is 0 Å². The molecule has 0 bridgehead atoms. The predicted octanol–water partition coefficient (Wildman–Crippen LogP) is 2.16. The molecule has 2 amide bonds. The summed E-state index contributed by atoms with van der Waals surface area (Å²) in [7, 11) is 5.02. The Bertz CT molecular complexity index is 608. The zero-order chi connectivity index (χ0) is 15.2. The van der Waals surface area contributed by atoms with Crippen LogP contribution in [-0.2, 0) is 6.42 Å². The third kappa shape index (κ3) is 3.98. The van der Waals surface area contributed by atoms with Gasteiger partial charge in [-0.1, -0.05) is 17.3 Å². The highest BCUT2D eigenvalue weighted by molar-refractivity contribution is 5.73. The summed E-state index contributed by atoms with van der Waals surface area (Å²) in [5.74, 6) is 1.45. The lowest BCUT2D eigenvalue weighted by Crippen LogP contribution is -2.35. The first-order valence-corrected chi connectivity index (χ1v) is 6.65. The van der Waals surface area contributed by atoms with Crippen LogP contribution in [-0.4, -0.2) is 43.8 Å². The second kappa shape index (κ2) is 6.78. The summed E-state index contributed by atoms with van der Waals surface area (Å²) < 4.78 is 10.5. The number of urea groups is 1. The van der Waals surface area contributed by atoms with E-state index in [-0.39, 0.29) is 6.03 Å². The molecule has 2 rings (SSSR count). The van der Waals surface area contributed by atoms with Crippen LogP contribution in [0.3, 0.4) is 0 Å². The van der Waals surface area contributed by atoms with Gasteiger partial charge in [0, 0.05) is 38.7 Å². The van der Waals surface area contributed by atoms with E-state index in [4.69, 9.17) is 9.26 Å². The van der Waals surface area contributed by atoms with Crippen molar-refractivity contribution in [3.63, 3.8) is 0 Å². The number of hydrogen-bond donors (Lipinski definition) is 1. The van der Waals surface area contributed by atoms with E-state index in [1.165, 1.54) is 4.90 Å². The molecule has 0 radical (unpaired) electrons. The van der Waals surface area contributed by atoms with E-state index < -0.39 is 0 Å². The summed E-state index contributed by atoms with van der Waals surface area (Å²) in [6, 6.07) is 9.34. The zero-order valence-corrected chi connectivity index (χ0v) is 12.4. The van der Waals surface area contributed by atoms with Gasteiger partial charge >= 0.3 is 6.03 Å². The fourth-order valence-electron chi connectivity index (χ4n) is 1.80. The van der Waals surface area contributed by atoms with Gasteiger partial charge in [-0.15, -0.1) is 0 Å². The van der Waals surface area contributed by atoms with Crippen molar-refractivity contribution in [2.24, 2.45) is 0 Å². The van der Waals surface area contributed by atoms with Crippen molar-refractivity contribution < 1.29 is 14.1 Å². The Morgan fingerprint density at radius 3 is 2.90 bits per heavy atom. The van der Waals surface area contributed by atoms with Crippen LogP contribution >= 0.6 is 0 Å². The van der Waals surface area contributed by atoms with E-state index in [0.717, 1.165) is 17.0 Å². The first kappa shape index (κ1) is 14.9. The van der Waals surface area contributed by atoms with Crippen LogP contribution in [0.2, 0.25) is 0 Å². The average Bonchev–Trinajstić information content (AvgIpc) is 2.96. The second-order valence-electron chi connectivity index (χ2n) is 4.79. The third-order valence-corrected chi connectivity index (χ3v) is 2.98. The van der Waals surface area contributed by atoms with Gasteiger partial charge in [0.1, 0.15) is 5.75 Å². The topological polar surface area (TPSA) is 67.6 Å². The number of nitrogens with zero attached hydrogens (tertiary/aromatic N) is 2. The summed E-state index contributed by atoms with van der Waals surface area (Å²) in [6.45, 7) is 0.515. The number of hydrogen-bond acceptors (Lipinski definition) is 4. The van der Waals surface area contributed by atoms with E-state index in [9.17, 15) is 4.79 Å². The molecule has 21 heavy (non-hydrogen) atoms. The molecule has 0 atom stereocenters. The van der Waals surface area contributed by atoms with Crippen molar-refractivity contribution in [2.45, 2.75) is 6.42 Å². The monoisotopic (exact) mass is 289 g/mol. The van der Waals surface area contributed by atoms with Gasteiger partial charge in [0.15, 0.2) is 5.76 Å².